The van der Waals surface area contributed by atoms with E-state index in [1.165, 1.54) is 18.2 Å². The fraction of sp³-hybridized carbons (Fsp3) is 0.400. The van der Waals surface area contributed by atoms with E-state index < -0.39 is 30.2 Å². The van der Waals surface area contributed by atoms with Gasteiger partial charge in [-0.2, -0.15) is 13.2 Å². The summed E-state index contributed by atoms with van der Waals surface area (Å²) in [5.41, 5.74) is -0.699. The van der Waals surface area contributed by atoms with Gasteiger partial charge in [-0.3, -0.25) is 4.79 Å². The molecule has 7 heteroatoms. The van der Waals surface area contributed by atoms with Gasteiger partial charge in [0.2, 0.25) is 5.56 Å². The summed E-state index contributed by atoms with van der Waals surface area (Å²) in [7, 11) is 0. The number of ether oxygens (including phenoxy) is 1. The van der Waals surface area contributed by atoms with Crippen molar-refractivity contribution < 1.29 is 22.7 Å². The average molecular weight is 249 g/mol. The molecule has 0 fully saturated rings. The Balaban J connectivity index is 2.60. The highest BCUT2D eigenvalue weighted by atomic mass is 19.4. The predicted molar refractivity (Wildman–Crippen MR) is 52.6 cm³/mol. The van der Waals surface area contributed by atoms with Gasteiger partial charge in [0.05, 0.1) is 5.92 Å². The third-order valence-electron chi connectivity index (χ3n) is 2.01. The first-order chi connectivity index (χ1) is 7.80. The Labute approximate surface area is 94.4 Å². The van der Waals surface area contributed by atoms with E-state index in [-0.39, 0.29) is 5.69 Å². The molecule has 0 radical (unpaired) electrons. The lowest BCUT2D eigenvalue weighted by molar-refractivity contribution is -0.178. The zero-order chi connectivity index (χ0) is 13.1. The smallest absolute Gasteiger partial charge is 0.394 e. The van der Waals surface area contributed by atoms with Crippen LogP contribution >= 0.6 is 0 Å². The van der Waals surface area contributed by atoms with Crippen molar-refractivity contribution in [1.82, 2.24) is 4.98 Å². The van der Waals surface area contributed by atoms with Crippen molar-refractivity contribution in [3.63, 3.8) is 0 Å². The fourth-order valence-electron chi connectivity index (χ4n) is 0.940. The molecule has 0 aliphatic heterocycles. The van der Waals surface area contributed by atoms with Crippen molar-refractivity contribution in [3.05, 3.63) is 34.2 Å². The Morgan fingerprint density at radius 1 is 1.47 bits per heavy atom. The molecular formula is C10H10F3NO3. The van der Waals surface area contributed by atoms with Crippen LogP contribution in [0.4, 0.5) is 13.2 Å². The third kappa shape index (κ3) is 3.93. The van der Waals surface area contributed by atoms with Gasteiger partial charge in [0, 0.05) is 6.07 Å². The van der Waals surface area contributed by atoms with Gasteiger partial charge in [-0.25, -0.2) is 4.79 Å². The van der Waals surface area contributed by atoms with Crippen LogP contribution in [0.1, 0.15) is 17.4 Å². The summed E-state index contributed by atoms with van der Waals surface area (Å²) in [4.78, 5) is 24.3. The Bertz CT molecular complexity index is 453. The van der Waals surface area contributed by atoms with Gasteiger partial charge in [0.15, 0.2) is 0 Å². The minimum atomic E-state index is -4.41. The monoisotopic (exact) mass is 249 g/mol. The minimum absolute atomic E-state index is 0.174. The number of aromatic nitrogens is 1. The van der Waals surface area contributed by atoms with Gasteiger partial charge in [-0.05, 0) is 6.07 Å². The first-order valence-corrected chi connectivity index (χ1v) is 4.74. The van der Waals surface area contributed by atoms with Crippen LogP contribution in [0.2, 0.25) is 0 Å². The summed E-state index contributed by atoms with van der Waals surface area (Å²) < 4.78 is 40.8. The van der Waals surface area contributed by atoms with Crippen molar-refractivity contribution in [3.8, 4) is 0 Å². The van der Waals surface area contributed by atoms with E-state index in [0.29, 0.717) is 0 Å². The molecule has 0 bridgehead atoms. The first-order valence-electron chi connectivity index (χ1n) is 4.74. The van der Waals surface area contributed by atoms with Gasteiger partial charge in [0.1, 0.15) is 12.3 Å². The molecule has 0 spiro atoms. The lowest BCUT2D eigenvalue weighted by Gasteiger charge is -2.15. The number of hydrogen-bond acceptors (Lipinski definition) is 3. The topological polar surface area (TPSA) is 59.2 Å². The molecule has 1 aromatic heterocycles. The number of hydrogen-bond donors (Lipinski definition) is 1. The second kappa shape index (κ2) is 5.03. The van der Waals surface area contributed by atoms with Crippen molar-refractivity contribution in [2.24, 2.45) is 5.92 Å². The number of pyridine rings is 1. The molecule has 17 heavy (non-hydrogen) atoms. The lowest BCUT2D eigenvalue weighted by atomic mass is 10.2. The van der Waals surface area contributed by atoms with Crippen molar-refractivity contribution in [1.29, 1.82) is 0 Å². The van der Waals surface area contributed by atoms with Crippen LogP contribution in [-0.2, 0) is 4.74 Å². The number of esters is 1. The Hall–Kier alpha value is -1.79. The van der Waals surface area contributed by atoms with Crippen LogP contribution in [-0.4, -0.2) is 23.7 Å². The van der Waals surface area contributed by atoms with Gasteiger partial charge in [-0.15, -0.1) is 0 Å². The molecule has 0 aliphatic carbocycles. The molecular weight excluding hydrogens is 239 g/mol. The fourth-order valence-corrected chi connectivity index (χ4v) is 0.940. The Morgan fingerprint density at radius 2 is 2.12 bits per heavy atom. The molecule has 1 heterocycles. The van der Waals surface area contributed by atoms with Gasteiger partial charge < -0.3 is 9.72 Å². The Morgan fingerprint density at radius 3 is 2.65 bits per heavy atom. The van der Waals surface area contributed by atoms with Gasteiger partial charge in [0.25, 0.3) is 0 Å². The van der Waals surface area contributed by atoms with Crippen molar-refractivity contribution in [2.75, 3.05) is 6.61 Å². The molecule has 1 atom stereocenters. The predicted octanol–water partition coefficient (Wildman–Crippen LogP) is 1.73. The maximum atomic E-state index is 12.1. The lowest BCUT2D eigenvalue weighted by Crippen LogP contribution is -2.26. The molecule has 94 valence electrons. The van der Waals surface area contributed by atoms with Crippen LogP contribution in [0, 0.1) is 5.92 Å². The van der Waals surface area contributed by atoms with Crippen LogP contribution < -0.4 is 5.56 Å². The van der Waals surface area contributed by atoms with E-state index in [9.17, 15) is 22.8 Å². The molecule has 1 aromatic rings. The van der Waals surface area contributed by atoms with Crippen LogP contribution in [0.5, 0.6) is 0 Å². The first kappa shape index (κ1) is 13.3. The van der Waals surface area contributed by atoms with Crippen LogP contribution in [0.3, 0.4) is 0 Å². The molecule has 1 N–H and O–H groups in total. The van der Waals surface area contributed by atoms with E-state index in [2.05, 4.69) is 9.72 Å². The number of aromatic amines is 1. The number of nitrogens with one attached hydrogen (secondary N) is 1. The zero-order valence-electron chi connectivity index (χ0n) is 8.88. The number of carbonyl (C=O) groups excluding carboxylic acids is 1. The highest BCUT2D eigenvalue weighted by molar-refractivity contribution is 5.87. The van der Waals surface area contributed by atoms with Crippen molar-refractivity contribution >= 4 is 5.97 Å². The number of rotatable bonds is 3. The molecule has 0 saturated carbocycles. The van der Waals surface area contributed by atoms with E-state index in [1.54, 1.807) is 0 Å². The largest absolute Gasteiger partial charge is 0.460 e. The number of alkyl halides is 3. The maximum absolute atomic E-state index is 12.1. The summed E-state index contributed by atoms with van der Waals surface area (Å²) in [5, 5.41) is 0. The summed E-state index contributed by atoms with van der Waals surface area (Å²) in [5.74, 6) is -2.74. The molecule has 4 nitrogen and oxygen atoms in total. The van der Waals surface area contributed by atoms with Gasteiger partial charge in [-0.1, -0.05) is 13.0 Å². The molecule has 1 rings (SSSR count). The summed E-state index contributed by atoms with van der Waals surface area (Å²) >= 11 is 0. The van der Waals surface area contributed by atoms with Crippen molar-refractivity contribution in [2.45, 2.75) is 13.1 Å². The third-order valence-corrected chi connectivity index (χ3v) is 2.01. The molecule has 0 saturated heterocycles. The average Bonchev–Trinajstić information content (AvgIpc) is 2.24. The number of halogens is 3. The molecule has 0 aromatic carbocycles. The quantitative estimate of drug-likeness (QED) is 0.830. The van der Waals surface area contributed by atoms with E-state index >= 15 is 0 Å². The summed E-state index contributed by atoms with van der Waals surface area (Å²) in [6, 6.07) is 3.74. The highest BCUT2D eigenvalue weighted by Crippen LogP contribution is 2.25. The van der Waals surface area contributed by atoms with Crippen LogP contribution in [0.15, 0.2) is 23.0 Å². The van der Waals surface area contributed by atoms with Gasteiger partial charge >= 0.3 is 12.1 Å². The SMILES string of the molecule is CC(COC(=O)c1cccc(=O)[nH]1)C(F)(F)F. The second-order valence-corrected chi connectivity index (χ2v) is 3.47. The normalized spacial score (nSPS) is 13.2. The van der Waals surface area contributed by atoms with E-state index in [1.807, 2.05) is 0 Å². The van der Waals surface area contributed by atoms with Crippen LogP contribution in [0.25, 0.3) is 0 Å². The molecule has 0 aliphatic rings. The minimum Gasteiger partial charge on any atom is -0.460 e. The van der Waals surface area contributed by atoms with E-state index in [4.69, 9.17) is 0 Å². The summed E-state index contributed by atoms with van der Waals surface area (Å²) in [6.45, 7) is 0.125. The van der Waals surface area contributed by atoms with E-state index in [0.717, 1.165) is 6.92 Å². The Kier molecular flexibility index (Phi) is 3.93. The second-order valence-electron chi connectivity index (χ2n) is 3.47. The highest BCUT2D eigenvalue weighted by Gasteiger charge is 2.36. The standard InChI is InChI=1S/C10H10F3NO3/c1-6(10(11,12)13)5-17-9(16)7-3-2-4-8(15)14-7/h2-4,6H,5H2,1H3,(H,14,15). The molecule has 0 amide bonds. The summed E-state index contributed by atoms with van der Waals surface area (Å²) in [6.07, 6.45) is -4.41. The maximum Gasteiger partial charge on any atom is 0.394 e. The number of H-pyrrole nitrogens is 1. The zero-order valence-corrected chi connectivity index (χ0v) is 8.88. The number of carbonyl (C=O) groups is 1. The molecule has 1 unspecified atom stereocenters.